The molecule has 0 saturated carbocycles. The normalized spacial score (nSPS) is 16.6. The zero-order valence-corrected chi connectivity index (χ0v) is 11.0. The van der Waals surface area contributed by atoms with Crippen LogP contribution in [0.25, 0.3) is 0 Å². The molecule has 3 N–H and O–H groups in total. The van der Waals surface area contributed by atoms with Gasteiger partial charge in [0, 0.05) is 32.7 Å². The van der Waals surface area contributed by atoms with Crippen molar-refractivity contribution in [3.63, 3.8) is 0 Å². The van der Waals surface area contributed by atoms with Crippen molar-refractivity contribution in [2.75, 3.05) is 18.9 Å². The van der Waals surface area contributed by atoms with E-state index in [1.807, 2.05) is 0 Å². The zero-order valence-electron chi connectivity index (χ0n) is 8.16. The van der Waals surface area contributed by atoms with E-state index in [0.717, 1.165) is 5.56 Å². The summed E-state index contributed by atoms with van der Waals surface area (Å²) < 4.78 is 4.87. The Morgan fingerprint density at radius 2 is 2.20 bits per heavy atom. The monoisotopic (exact) mass is 277 g/mol. The van der Waals surface area contributed by atoms with Crippen LogP contribution >= 0.6 is 0 Å². The van der Waals surface area contributed by atoms with E-state index in [1.165, 1.54) is 0 Å². The molecule has 3 nitrogen and oxygen atoms in total. The Morgan fingerprint density at radius 1 is 1.47 bits per heavy atom. The van der Waals surface area contributed by atoms with Gasteiger partial charge in [0.1, 0.15) is 0 Å². The molecule has 75 valence electrons. The van der Waals surface area contributed by atoms with Crippen LogP contribution in [0.1, 0.15) is 5.56 Å². The summed E-state index contributed by atoms with van der Waals surface area (Å²) in [5.41, 5.74) is 5.89. The van der Waals surface area contributed by atoms with Crippen LogP contribution < -0.4 is 5.73 Å². The molecule has 1 fully saturated rings. The first-order valence-electron chi connectivity index (χ1n) is 4.28. The van der Waals surface area contributed by atoms with Gasteiger partial charge in [-0.1, -0.05) is 17.2 Å². The summed E-state index contributed by atoms with van der Waals surface area (Å²) in [6, 6.07) is 8.06. The van der Waals surface area contributed by atoms with Gasteiger partial charge in [-0.2, -0.15) is 18.2 Å². The van der Waals surface area contributed by atoms with E-state index in [2.05, 4.69) is 17.9 Å². The Labute approximate surface area is 114 Å². The summed E-state index contributed by atoms with van der Waals surface area (Å²) in [7, 11) is 0. The zero-order chi connectivity index (χ0) is 10.0. The van der Waals surface area contributed by atoms with Gasteiger partial charge in [-0.25, -0.2) is 0 Å². The van der Waals surface area contributed by atoms with Crippen molar-refractivity contribution >= 4 is 5.69 Å². The first kappa shape index (κ1) is 12.7. The number of hydrogen-bond donors (Lipinski definition) is 2. The van der Waals surface area contributed by atoms with Crippen LogP contribution in [0.5, 0.6) is 0 Å². The minimum absolute atomic E-state index is 0. The quantitative estimate of drug-likeness (QED) is 0.404. The van der Waals surface area contributed by atoms with E-state index in [9.17, 15) is 5.11 Å². The van der Waals surface area contributed by atoms with Gasteiger partial charge in [-0.15, -0.1) is 12.0 Å². The number of hydrogen-bond acceptors (Lipinski definition) is 3. The van der Waals surface area contributed by atoms with Crippen LogP contribution in [-0.4, -0.2) is 23.9 Å². The van der Waals surface area contributed by atoms with Crippen molar-refractivity contribution in [1.82, 2.24) is 0 Å². The van der Waals surface area contributed by atoms with E-state index in [4.69, 9.17) is 10.5 Å². The van der Waals surface area contributed by atoms with Crippen molar-refractivity contribution in [2.45, 2.75) is 5.60 Å². The van der Waals surface area contributed by atoms with Crippen molar-refractivity contribution in [3.05, 3.63) is 29.8 Å². The minimum atomic E-state index is -0.957. The van der Waals surface area contributed by atoms with Gasteiger partial charge in [0.2, 0.25) is 0 Å². The first-order chi connectivity index (χ1) is 6.68. The molecule has 0 spiro atoms. The number of rotatable bonds is 0. The fraction of sp³-hybridized carbons (Fsp3) is 0.273. The van der Waals surface area contributed by atoms with Crippen LogP contribution in [-0.2, 0) is 37.4 Å². The first-order valence-corrected chi connectivity index (χ1v) is 4.28. The molecule has 1 radical (unpaired) electrons. The summed E-state index contributed by atoms with van der Waals surface area (Å²) in [5.74, 6) is 5.60. The Morgan fingerprint density at radius 3 is 2.67 bits per heavy atom. The maximum Gasteiger partial charge on any atom is 0.171 e. The molecule has 0 atom stereocenters. The molecular formula is C11H10NO2Y-. The largest absolute Gasteiger partial charge is 0.420 e. The SMILES string of the molecule is Nc1[c-]cc(C#CC2(O)COC2)cc1.[Y]. The minimum Gasteiger partial charge on any atom is -0.420 e. The summed E-state index contributed by atoms with van der Waals surface area (Å²) in [4.78, 5) is 0. The summed E-state index contributed by atoms with van der Waals surface area (Å²) in [6.07, 6.45) is 0. The number of ether oxygens (including phenoxy) is 1. The van der Waals surface area contributed by atoms with Gasteiger partial charge < -0.3 is 15.6 Å². The average molecular weight is 277 g/mol. The van der Waals surface area contributed by atoms with Gasteiger partial charge in [0.05, 0.1) is 13.2 Å². The Bertz CT molecular complexity index is 387. The second-order valence-electron chi connectivity index (χ2n) is 3.31. The summed E-state index contributed by atoms with van der Waals surface area (Å²) in [5, 5.41) is 9.59. The maximum atomic E-state index is 9.59. The van der Waals surface area contributed by atoms with E-state index in [1.54, 1.807) is 18.2 Å². The van der Waals surface area contributed by atoms with Gasteiger partial charge >= 0.3 is 0 Å². The molecule has 0 amide bonds. The second-order valence-corrected chi connectivity index (χ2v) is 3.31. The van der Waals surface area contributed by atoms with Gasteiger partial charge in [-0.3, -0.25) is 0 Å². The van der Waals surface area contributed by atoms with Crippen LogP contribution in [0, 0.1) is 17.9 Å². The van der Waals surface area contributed by atoms with Gasteiger partial charge in [0.25, 0.3) is 0 Å². The number of nitrogen functional groups attached to an aromatic ring is 1. The Kier molecular flexibility index (Phi) is 4.30. The van der Waals surface area contributed by atoms with E-state index < -0.39 is 5.60 Å². The number of anilines is 1. The fourth-order valence-electron chi connectivity index (χ4n) is 1.07. The molecule has 1 heterocycles. The molecule has 15 heavy (non-hydrogen) atoms. The van der Waals surface area contributed by atoms with Gasteiger partial charge in [-0.05, 0) is 0 Å². The van der Waals surface area contributed by atoms with E-state index >= 15 is 0 Å². The van der Waals surface area contributed by atoms with Crippen molar-refractivity contribution in [1.29, 1.82) is 0 Å². The predicted octanol–water partition coefficient (Wildman–Crippen LogP) is 0.179. The average Bonchev–Trinajstić information content (AvgIpc) is 2.14. The number of nitrogens with two attached hydrogens (primary N) is 1. The van der Waals surface area contributed by atoms with Crippen molar-refractivity contribution in [2.24, 2.45) is 0 Å². The summed E-state index contributed by atoms with van der Waals surface area (Å²) >= 11 is 0. The van der Waals surface area contributed by atoms with E-state index in [0.29, 0.717) is 18.9 Å². The third-order valence-corrected chi connectivity index (χ3v) is 1.96. The van der Waals surface area contributed by atoms with Gasteiger partial charge in [0.15, 0.2) is 5.60 Å². The summed E-state index contributed by atoms with van der Waals surface area (Å²) in [6.45, 7) is 0.581. The number of aliphatic hydroxyl groups is 1. The van der Waals surface area contributed by atoms with Crippen LogP contribution in [0.15, 0.2) is 18.2 Å². The topological polar surface area (TPSA) is 55.5 Å². The Hall–Kier alpha value is -0.396. The molecule has 0 aromatic heterocycles. The molecule has 0 aliphatic carbocycles. The molecular weight excluding hydrogens is 267 g/mol. The Balaban J connectivity index is 0.00000112. The molecule has 1 aliphatic heterocycles. The van der Waals surface area contributed by atoms with Crippen LogP contribution in [0.4, 0.5) is 5.69 Å². The fourth-order valence-corrected chi connectivity index (χ4v) is 1.07. The third-order valence-electron chi connectivity index (χ3n) is 1.96. The molecule has 2 rings (SSSR count). The molecule has 0 unspecified atom stereocenters. The number of benzene rings is 1. The molecule has 1 saturated heterocycles. The second kappa shape index (κ2) is 5.09. The molecule has 1 aromatic carbocycles. The van der Waals surface area contributed by atoms with Crippen molar-refractivity contribution in [3.8, 4) is 11.8 Å². The molecule has 0 bridgehead atoms. The molecule has 1 aromatic rings. The van der Waals surface area contributed by atoms with Crippen LogP contribution in [0.2, 0.25) is 0 Å². The maximum absolute atomic E-state index is 9.59. The predicted molar refractivity (Wildman–Crippen MR) is 52.3 cm³/mol. The van der Waals surface area contributed by atoms with E-state index in [-0.39, 0.29) is 32.7 Å². The van der Waals surface area contributed by atoms with Crippen molar-refractivity contribution < 1.29 is 42.6 Å². The van der Waals surface area contributed by atoms with Crippen LogP contribution in [0.3, 0.4) is 0 Å². The molecule has 4 heteroatoms. The smallest absolute Gasteiger partial charge is 0.171 e. The standard InChI is InChI=1S/C11H10NO2.Y/c12-10-3-1-9(2-4-10)5-6-11(13)7-14-8-11;/h1-3,13H,7-8,12H2;/q-1;. The third kappa shape index (κ3) is 3.29. The molecule has 1 aliphatic rings.